The van der Waals surface area contributed by atoms with Gasteiger partial charge in [-0.1, -0.05) is 35.9 Å². The van der Waals surface area contributed by atoms with Crippen molar-refractivity contribution in [3.63, 3.8) is 0 Å². The zero-order valence-corrected chi connectivity index (χ0v) is 17.9. The van der Waals surface area contributed by atoms with Crippen LogP contribution in [0, 0.1) is 33.5 Å². The topological polar surface area (TPSA) is 49.4 Å². The van der Waals surface area contributed by atoms with Crippen LogP contribution in [0.4, 0.5) is 15.8 Å². The number of rotatable bonds is 4. The lowest BCUT2D eigenvalue weighted by Gasteiger charge is -2.18. The minimum Gasteiger partial charge on any atom is -0.350 e. The van der Waals surface area contributed by atoms with Gasteiger partial charge in [-0.25, -0.2) is 9.29 Å². The predicted molar refractivity (Wildman–Crippen MR) is 121 cm³/mol. The van der Waals surface area contributed by atoms with Crippen LogP contribution in [-0.4, -0.2) is 11.8 Å². The molecule has 0 atom stereocenters. The Labute approximate surface area is 181 Å². The number of imide groups is 1. The van der Waals surface area contributed by atoms with E-state index in [9.17, 15) is 14.0 Å². The Kier molecular flexibility index (Phi) is 5.19. The van der Waals surface area contributed by atoms with E-state index in [-0.39, 0.29) is 11.3 Å². The lowest BCUT2D eigenvalue weighted by molar-refractivity contribution is -0.120. The molecule has 4 rings (SSSR count). The van der Waals surface area contributed by atoms with E-state index >= 15 is 0 Å². The fourth-order valence-corrected chi connectivity index (χ4v) is 3.77. The van der Waals surface area contributed by atoms with Crippen molar-refractivity contribution in [2.75, 3.05) is 10.2 Å². The van der Waals surface area contributed by atoms with Crippen molar-refractivity contribution in [2.24, 2.45) is 0 Å². The highest BCUT2D eigenvalue weighted by atomic mass is 19.1. The Morgan fingerprint density at radius 1 is 0.742 bits per heavy atom. The van der Waals surface area contributed by atoms with Crippen LogP contribution < -0.4 is 10.2 Å². The lowest BCUT2D eigenvalue weighted by Crippen LogP contribution is -2.33. The number of carbonyl (C=O) groups is 2. The van der Waals surface area contributed by atoms with E-state index in [1.54, 1.807) is 6.07 Å². The summed E-state index contributed by atoms with van der Waals surface area (Å²) in [5, 5.41) is 3.16. The maximum Gasteiger partial charge on any atom is 0.282 e. The van der Waals surface area contributed by atoms with E-state index in [1.807, 2.05) is 58.0 Å². The molecule has 0 spiro atoms. The van der Waals surface area contributed by atoms with E-state index in [1.165, 1.54) is 29.2 Å². The first-order chi connectivity index (χ1) is 14.8. The van der Waals surface area contributed by atoms with E-state index in [0.717, 1.165) is 22.3 Å². The molecule has 1 N–H and O–H groups in total. The third-order valence-electron chi connectivity index (χ3n) is 5.59. The first kappa shape index (κ1) is 20.5. The zero-order valence-electron chi connectivity index (χ0n) is 17.9. The molecule has 0 unspecified atom stereocenters. The van der Waals surface area contributed by atoms with Gasteiger partial charge in [-0.3, -0.25) is 9.59 Å². The summed E-state index contributed by atoms with van der Waals surface area (Å²) in [6.45, 7) is 7.82. The van der Waals surface area contributed by atoms with Crippen molar-refractivity contribution in [2.45, 2.75) is 27.7 Å². The predicted octanol–water partition coefficient (Wildman–Crippen LogP) is 5.46. The van der Waals surface area contributed by atoms with Crippen LogP contribution >= 0.6 is 0 Å². The molecule has 5 heteroatoms. The minimum atomic E-state index is -0.436. The van der Waals surface area contributed by atoms with Gasteiger partial charge >= 0.3 is 0 Å². The molecule has 4 nitrogen and oxygen atoms in total. The molecule has 0 saturated carbocycles. The number of hydrogen-bond acceptors (Lipinski definition) is 3. The monoisotopic (exact) mass is 414 g/mol. The van der Waals surface area contributed by atoms with Crippen molar-refractivity contribution in [1.29, 1.82) is 0 Å². The van der Waals surface area contributed by atoms with Gasteiger partial charge in [0.1, 0.15) is 11.5 Å². The SMILES string of the molecule is Cc1ccc(N2C(=O)C(Nc3ccc(C)c(C)c3)=C(c3ccc(F)cc3)C2=O)c(C)c1. The molecule has 31 heavy (non-hydrogen) atoms. The molecule has 1 aliphatic rings. The summed E-state index contributed by atoms with van der Waals surface area (Å²) in [6, 6.07) is 16.9. The first-order valence-corrected chi connectivity index (χ1v) is 10.1. The highest BCUT2D eigenvalue weighted by molar-refractivity contribution is 6.46. The van der Waals surface area contributed by atoms with Crippen LogP contribution in [0.25, 0.3) is 5.57 Å². The fraction of sp³-hybridized carbons (Fsp3) is 0.154. The van der Waals surface area contributed by atoms with Crippen LogP contribution in [0.2, 0.25) is 0 Å². The van der Waals surface area contributed by atoms with Gasteiger partial charge < -0.3 is 5.32 Å². The second-order valence-corrected chi connectivity index (χ2v) is 7.92. The van der Waals surface area contributed by atoms with E-state index in [4.69, 9.17) is 0 Å². The van der Waals surface area contributed by atoms with Gasteiger partial charge in [0.25, 0.3) is 11.8 Å². The number of anilines is 2. The largest absolute Gasteiger partial charge is 0.350 e. The molecule has 0 aliphatic carbocycles. The number of amides is 2. The number of benzene rings is 3. The summed E-state index contributed by atoms with van der Waals surface area (Å²) in [5.41, 5.74) is 6.20. The molecule has 3 aromatic carbocycles. The Balaban J connectivity index is 1.84. The number of halogens is 1. The first-order valence-electron chi connectivity index (χ1n) is 10.1. The third-order valence-corrected chi connectivity index (χ3v) is 5.59. The summed E-state index contributed by atoms with van der Waals surface area (Å²) in [4.78, 5) is 28.1. The van der Waals surface area contributed by atoms with Crippen molar-refractivity contribution < 1.29 is 14.0 Å². The van der Waals surface area contributed by atoms with Crippen LogP contribution in [0.1, 0.15) is 27.8 Å². The summed E-state index contributed by atoms with van der Waals surface area (Å²) < 4.78 is 13.5. The van der Waals surface area contributed by atoms with Crippen LogP contribution in [-0.2, 0) is 9.59 Å². The Morgan fingerprint density at radius 3 is 2.10 bits per heavy atom. The van der Waals surface area contributed by atoms with Gasteiger partial charge in [0.05, 0.1) is 11.3 Å². The fourth-order valence-electron chi connectivity index (χ4n) is 3.77. The average Bonchev–Trinajstić information content (AvgIpc) is 2.96. The van der Waals surface area contributed by atoms with Crippen LogP contribution in [0.15, 0.2) is 66.4 Å². The second kappa shape index (κ2) is 7.84. The maximum atomic E-state index is 13.5. The number of nitrogens with one attached hydrogen (secondary N) is 1. The molecule has 2 amide bonds. The van der Waals surface area contributed by atoms with Gasteiger partial charge in [-0.05, 0) is 80.3 Å². The van der Waals surface area contributed by atoms with Crippen molar-refractivity contribution in [3.8, 4) is 0 Å². The maximum absolute atomic E-state index is 13.5. The van der Waals surface area contributed by atoms with Gasteiger partial charge in [-0.2, -0.15) is 0 Å². The highest BCUT2D eigenvalue weighted by Gasteiger charge is 2.40. The normalized spacial score (nSPS) is 13.9. The van der Waals surface area contributed by atoms with Gasteiger partial charge in [0.2, 0.25) is 0 Å². The van der Waals surface area contributed by atoms with Crippen LogP contribution in [0.3, 0.4) is 0 Å². The molecular weight excluding hydrogens is 391 g/mol. The molecule has 156 valence electrons. The Hall–Kier alpha value is -3.73. The third kappa shape index (κ3) is 3.75. The molecule has 1 aliphatic heterocycles. The quantitative estimate of drug-likeness (QED) is 0.577. The van der Waals surface area contributed by atoms with E-state index < -0.39 is 17.6 Å². The van der Waals surface area contributed by atoms with E-state index in [2.05, 4.69) is 5.32 Å². The summed E-state index contributed by atoms with van der Waals surface area (Å²) >= 11 is 0. The Morgan fingerprint density at radius 2 is 1.45 bits per heavy atom. The number of hydrogen-bond donors (Lipinski definition) is 1. The standard InChI is InChI=1S/C26H23FN2O2/c1-15-5-12-22(18(4)13-15)29-25(30)23(19-7-9-20(27)10-8-19)24(26(29)31)28-21-11-6-16(2)17(3)14-21/h5-14,28H,1-4H3. The van der Waals surface area contributed by atoms with E-state index in [0.29, 0.717) is 16.9 Å². The van der Waals surface area contributed by atoms with Crippen LogP contribution in [0.5, 0.6) is 0 Å². The van der Waals surface area contributed by atoms with Gasteiger partial charge in [0.15, 0.2) is 0 Å². The zero-order chi connectivity index (χ0) is 22.3. The highest BCUT2D eigenvalue weighted by Crippen LogP contribution is 2.35. The summed E-state index contributed by atoms with van der Waals surface area (Å²) in [7, 11) is 0. The van der Waals surface area contributed by atoms with Crippen molar-refractivity contribution in [1.82, 2.24) is 0 Å². The number of carbonyl (C=O) groups excluding carboxylic acids is 2. The minimum absolute atomic E-state index is 0.180. The molecule has 0 fully saturated rings. The van der Waals surface area contributed by atoms with Crippen molar-refractivity contribution in [3.05, 3.63) is 100.0 Å². The molecule has 1 heterocycles. The average molecular weight is 414 g/mol. The number of aryl methyl sites for hydroxylation is 4. The Bertz CT molecular complexity index is 1240. The lowest BCUT2D eigenvalue weighted by atomic mass is 10.0. The summed E-state index contributed by atoms with van der Waals surface area (Å²) in [6.07, 6.45) is 0. The smallest absolute Gasteiger partial charge is 0.282 e. The molecule has 0 aromatic heterocycles. The summed E-state index contributed by atoms with van der Waals surface area (Å²) in [5.74, 6) is -1.28. The molecule has 0 bridgehead atoms. The molecular formula is C26H23FN2O2. The van der Waals surface area contributed by atoms with Gasteiger partial charge in [0, 0.05) is 5.69 Å². The molecule has 3 aromatic rings. The molecule has 0 radical (unpaired) electrons. The molecule has 0 saturated heterocycles. The second-order valence-electron chi connectivity index (χ2n) is 7.92. The van der Waals surface area contributed by atoms with Crippen molar-refractivity contribution >= 4 is 28.8 Å². The number of nitrogens with zero attached hydrogens (tertiary/aromatic N) is 1. The van der Waals surface area contributed by atoms with Gasteiger partial charge in [-0.15, -0.1) is 0 Å².